The van der Waals surface area contributed by atoms with E-state index in [4.69, 9.17) is 9.16 Å². The molecule has 4 nitrogen and oxygen atoms in total. The molecule has 0 spiro atoms. The Morgan fingerprint density at radius 2 is 1.90 bits per heavy atom. The monoisotopic (exact) mass is 312 g/mol. The fraction of sp³-hybridized carbons (Fsp3) is 0.875. The second-order valence-electron chi connectivity index (χ2n) is 8.00. The second kappa shape index (κ2) is 5.50. The van der Waals surface area contributed by atoms with Gasteiger partial charge in [-0.2, -0.15) is 0 Å². The lowest BCUT2D eigenvalue weighted by Gasteiger charge is -2.43. The highest BCUT2D eigenvalue weighted by Crippen LogP contribution is 2.44. The van der Waals surface area contributed by atoms with Crippen molar-refractivity contribution in [2.45, 2.75) is 77.3 Å². The van der Waals surface area contributed by atoms with E-state index in [-0.39, 0.29) is 34.9 Å². The summed E-state index contributed by atoms with van der Waals surface area (Å²) in [6.07, 6.45) is 2.54. The van der Waals surface area contributed by atoms with Crippen molar-refractivity contribution in [3.63, 3.8) is 0 Å². The Labute approximate surface area is 128 Å². The lowest BCUT2D eigenvalue weighted by Crippen LogP contribution is -2.49. The summed E-state index contributed by atoms with van der Waals surface area (Å²) < 4.78 is 12.0. The Kier molecular flexibility index (Phi) is 4.37. The van der Waals surface area contributed by atoms with E-state index in [9.17, 15) is 9.59 Å². The molecule has 1 aliphatic carbocycles. The molecule has 0 aromatic rings. The van der Waals surface area contributed by atoms with Crippen molar-refractivity contribution in [1.82, 2.24) is 0 Å². The summed E-state index contributed by atoms with van der Waals surface area (Å²) in [5, 5.41) is 0.128. The molecule has 0 aromatic heterocycles. The van der Waals surface area contributed by atoms with E-state index in [2.05, 4.69) is 33.9 Å². The summed E-state index contributed by atoms with van der Waals surface area (Å²) in [5.41, 5.74) is 0. The average molecular weight is 312 g/mol. The zero-order valence-corrected chi connectivity index (χ0v) is 15.1. The van der Waals surface area contributed by atoms with Crippen molar-refractivity contribution < 1.29 is 18.8 Å². The molecule has 0 N–H and O–H groups in total. The highest BCUT2D eigenvalue weighted by molar-refractivity contribution is 6.74. The number of ether oxygens (including phenoxy) is 1. The topological polar surface area (TPSA) is 52.6 Å². The second-order valence-corrected chi connectivity index (χ2v) is 12.8. The number of carbonyl (C=O) groups excluding carboxylic acids is 2. The zero-order chi connectivity index (χ0) is 16.0. The summed E-state index contributed by atoms with van der Waals surface area (Å²) >= 11 is 0. The van der Waals surface area contributed by atoms with Gasteiger partial charge < -0.3 is 9.16 Å². The molecule has 21 heavy (non-hydrogen) atoms. The highest BCUT2D eigenvalue weighted by atomic mass is 28.4. The number of hydrogen-bond acceptors (Lipinski definition) is 4. The Bertz CT molecular complexity index is 438. The van der Waals surface area contributed by atoms with Crippen molar-refractivity contribution in [2.75, 3.05) is 0 Å². The quantitative estimate of drug-likeness (QED) is 0.456. The van der Waals surface area contributed by atoms with Crippen LogP contribution in [0.15, 0.2) is 0 Å². The van der Waals surface area contributed by atoms with Crippen LogP contribution in [0.5, 0.6) is 0 Å². The standard InChI is InChI=1S/C16H28O4Si/c1-10(17)13-11-8-7-9-12(14(11)19-15(13)18)20-21(5,6)16(2,3)4/h11-14H,7-9H2,1-6H3/t11-,12-,13-,14+/m0/s1. The van der Waals surface area contributed by atoms with E-state index in [0.29, 0.717) is 0 Å². The minimum absolute atomic E-state index is 0.0125. The average Bonchev–Trinajstić information content (AvgIpc) is 2.64. The molecule has 2 aliphatic rings. The number of hydrogen-bond donors (Lipinski definition) is 0. The summed E-state index contributed by atoms with van der Waals surface area (Å²) in [5.74, 6) is -0.969. The third-order valence-corrected chi connectivity index (χ3v) is 9.94. The Morgan fingerprint density at radius 1 is 1.29 bits per heavy atom. The van der Waals surface area contributed by atoms with Crippen molar-refractivity contribution in [3.8, 4) is 0 Å². The lowest BCUT2D eigenvalue weighted by molar-refractivity contribution is -0.149. The predicted octanol–water partition coefficient (Wildman–Crippen LogP) is 3.31. The summed E-state index contributed by atoms with van der Waals surface area (Å²) in [6.45, 7) is 12.5. The van der Waals surface area contributed by atoms with E-state index in [1.165, 1.54) is 6.92 Å². The molecule has 0 bridgehead atoms. The van der Waals surface area contributed by atoms with E-state index in [1.54, 1.807) is 0 Å². The maximum atomic E-state index is 12.0. The van der Waals surface area contributed by atoms with Crippen molar-refractivity contribution in [3.05, 3.63) is 0 Å². The van der Waals surface area contributed by atoms with Crippen LogP contribution in [0, 0.1) is 11.8 Å². The summed E-state index contributed by atoms with van der Waals surface area (Å²) in [6, 6.07) is 0. The number of Topliss-reactive ketones (excluding diaryl/α,β-unsaturated/α-hetero) is 1. The van der Waals surface area contributed by atoms with Crippen LogP contribution in [-0.2, 0) is 18.8 Å². The van der Waals surface area contributed by atoms with E-state index >= 15 is 0 Å². The summed E-state index contributed by atoms with van der Waals surface area (Å²) in [4.78, 5) is 23.7. The molecule has 0 unspecified atom stereocenters. The molecule has 4 atom stereocenters. The number of ketones is 1. The van der Waals surface area contributed by atoms with Crippen LogP contribution in [0.1, 0.15) is 47.0 Å². The largest absolute Gasteiger partial charge is 0.459 e. The minimum atomic E-state index is -1.90. The van der Waals surface area contributed by atoms with Crippen LogP contribution in [0.2, 0.25) is 18.1 Å². The van der Waals surface area contributed by atoms with Gasteiger partial charge in [-0.1, -0.05) is 27.2 Å². The first-order valence-corrected chi connectivity index (χ1v) is 10.8. The maximum absolute atomic E-state index is 12.0. The number of fused-ring (bicyclic) bond motifs is 1. The van der Waals surface area contributed by atoms with Gasteiger partial charge in [-0.15, -0.1) is 0 Å². The van der Waals surface area contributed by atoms with Gasteiger partial charge in [-0.3, -0.25) is 9.59 Å². The van der Waals surface area contributed by atoms with Gasteiger partial charge in [0.15, 0.2) is 8.32 Å². The lowest BCUT2D eigenvalue weighted by atomic mass is 9.77. The predicted molar refractivity (Wildman–Crippen MR) is 83.5 cm³/mol. The molecule has 5 heteroatoms. The van der Waals surface area contributed by atoms with Crippen LogP contribution in [0.25, 0.3) is 0 Å². The van der Waals surface area contributed by atoms with Crippen LogP contribution in [-0.4, -0.2) is 32.3 Å². The normalized spacial score (nSPS) is 33.5. The molecule has 2 rings (SSSR count). The molecular formula is C16H28O4Si. The van der Waals surface area contributed by atoms with E-state index in [1.807, 2.05) is 0 Å². The van der Waals surface area contributed by atoms with E-state index in [0.717, 1.165) is 19.3 Å². The third kappa shape index (κ3) is 3.09. The zero-order valence-electron chi connectivity index (χ0n) is 14.1. The Morgan fingerprint density at radius 3 is 2.43 bits per heavy atom. The first kappa shape index (κ1) is 16.7. The molecule has 0 radical (unpaired) electrons. The van der Waals surface area contributed by atoms with Crippen LogP contribution in [0.4, 0.5) is 0 Å². The maximum Gasteiger partial charge on any atom is 0.317 e. The van der Waals surface area contributed by atoms with Gasteiger partial charge in [0, 0.05) is 5.92 Å². The molecule has 120 valence electrons. The molecular weight excluding hydrogens is 284 g/mol. The molecule has 0 amide bonds. The minimum Gasteiger partial charge on any atom is -0.459 e. The first-order chi connectivity index (χ1) is 9.54. The SMILES string of the molecule is CC(=O)[C@@H]1C(=O)O[C@@H]2[C@H]1CCC[C@@H]2O[Si](C)(C)C(C)(C)C. The third-order valence-electron chi connectivity index (χ3n) is 5.44. The van der Waals surface area contributed by atoms with Gasteiger partial charge in [0.05, 0.1) is 6.10 Å². The molecule has 2 fully saturated rings. The van der Waals surface area contributed by atoms with Crippen LogP contribution >= 0.6 is 0 Å². The van der Waals surface area contributed by atoms with Crippen LogP contribution in [0.3, 0.4) is 0 Å². The number of carbonyl (C=O) groups is 2. The van der Waals surface area contributed by atoms with Gasteiger partial charge in [-0.05, 0) is 37.9 Å². The number of rotatable bonds is 3. The smallest absolute Gasteiger partial charge is 0.317 e. The fourth-order valence-electron chi connectivity index (χ4n) is 3.21. The highest BCUT2D eigenvalue weighted by Gasteiger charge is 2.53. The number of esters is 1. The van der Waals surface area contributed by atoms with Crippen LogP contribution < -0.4 is 0 Å². The van der Waals surface area contributed by atoms with Crippen molar-refractivity contribution in [1.29, 1.82) is 0 Å². The van der Waals surface area contributed by atoms with E-state index < -0.39 is 14.2 Å². The summed E-state index contributed by atoms with van der Waals surface area (Å²) in [7, 11) is -1.90. The van der Waals surface area contributed by atoms with Crippen molar-refractivity contribution in [2.24, 2.45) is 11.8 Å². The molecule has 1 aliphatic heterocycles. The molecule has 1 saturated heterocycles. The molecule has 0 aromatic carbocycles. The Balaban J connectivity index is 2.17. The van der Waals surface area contributed by atoms with Gasteiger partial charge >= 0.3 is 5.97 Å². The first-order valence-electron chi connectivity index (χ1n) is 7.93. The van der Waals surface area contributed by atoms with Gasteiger partial charge in [0.2, 0.25) is 0 Å². The Hall–Kier alpha value is -0.683. The van der Waals surface area contributed by atoms with Gasteiger partial charge in [0.25, 0.3) is 0 Å². The molecule has 1 saturated carbocycles. The van der Waals surface area contributed by atoms with Gasteiger partial charge in [-0.25, -0.2) is 0 Å². The fourth-order valence-corrected chi connectivity index (χ4v) is 4.57. The molecule has 1 heterocycles. The van der Waals surface area contributed by atoms with Crippen molar-refractivity contribution >= 4 is 20.1 Å². The van der Waals surface area contributed by atoms with Gasteiger partial charge in [0.1, 0.15) is 17.8 Å².